The third-order valence-electron chi connectivity index (χ3n) is 5.81. The van der Waals surface area contributed by atoms with Crippen LogP contribution in [0.25, 0.3) is 5.65 Å². The lowest BCUT2D eigenvalue weighted by Crippen LogP contribution is -2.43. The van der Waals surface area contributed by atoms with Gasteiger partial charge in [-0.1, -0.05) is 17.7 Å². The van der Waals surface area contributed by atoms with Crippen LogP contribution in [0.1, 0.15) is 28.9 Å². The van der Waals surface area contributed by atoms with Crippen molar-refractivity contribution >= 4 is 34.7 Å². The molecule has 1 aliphatic rings. The number of rotatable bonds is 5. The van der Waals surface area contributed by atoms with Crippen molar-refractivity contribution < 1.29 is 9.59 Å². The molecule has 8 nitrogen and oxygen atoms in total. The quantitative estimate of drug-likeness (QED) is 0.490. The van der Waals surface area contributed by atoms with Crippen LogP contribution >= 0.6 is 11.6 Å². The van der Waals surface area contributed by atoms with E-state index in [0.29, 0.717) is 35.9 Å². The highest BCUT2D eigenvalue weighted by atomic mass is 35.5. The second-order valence-corrected chi connectivity index (χ2v) is 8.65. The number of carbonyl (C=O) groups excluding carboxylic acids is 2. The standard InChI is InChI=1S/C24H23ClN6O2/c25-19-8-6-17(7-9-19)24(33)30-11-3-4-18(13-30)23(32)28-20-12-26-31(15-20)16-21-14-29-10-2-1-5-22(29)27-21/h1-2,5-10,12,14-15,18H,3-4,11,13,16H2,(H,28,32)/t18-/m0/s1. The van der Waals surface area contributed by atoms with E-state index < -0.39 is 0 Å². The summed E-state index contributed by atoms with van der Waals surface area (Å²) in [5.74, 6) is -0.447. The average Bonchev–Trinajstić information content (AvgIpc) is 3.45. The minimum Gasteiger partial charge on any atom is -0.338 e. The molecule has 0 spiro atoms. The van der Waals surface area contributed by atoms with Gasteiger partial charge < -0.3 is 14.6 Å². The Labute approximate surface area is 195 Å². The molecular formula is C24H23ClN6O2. The Kier molecular flexibility index (Phi) is 5.83. The van der Waals surface area contributed by atoms with E-state index in [1.54, 1.807) is 46.2 Å². The van der Waals surface area contributed by atoms with Crippen LogP contribution in [0.2, 0.25) is 5.02 Å². The number of fused-ring (bicyclic) bond motifs is 1. The van der Waals surface area contributed by atoms with Crippen LogP contribution in [-0.2, 0) is 11.3 Å². The largest absolute Gasteiger partial charge is 0.338 e. The molecule has 33 heavy (non-hydrogen) atoms. The lowest BCUT2D eigenvalue weighted by molar-refractivity contribution is -0.121. The second-order valence-electron chi connectivity index (χ2n) is 8.21. The number of nitrogens with one attached hydrogen (secondary N) is 1. The third kappa shape index (κ3) is 4.75. The Bertz CT molecular complexity index is 1260. The molecule has 0 bridgehead atoms. The van der Waals surface area contributed by atoms with E-state index in [0.717, 1.165) is 24.2 Å². The zero-order valence-electron chi connectivity index (χ0n) is 17.9. The summed E-state index contributed by atoms with van der Waals surface area (Å²) >= 11 is 5.92. The van der Waals surface area contributed by atoms with E-state index in [-0.39, 0.29) is 17.7 Å². The minimum atomic E-state index is -0.267. The Balaban J connectivity index is 1.20. The summed E-state index contributed by atoms with van der Waals surface area (Å²) < 4.78 is 3.70. The monoisotopic (exact) mass is 462 g/mol. The number of imidazole rings is 1. The molecule has 0 unspecified atom stereocenters. The fourth-order valence-electron chi connectivity index (χ4n) is 4.14. The van der Waals surface area contributed by atoms with Crippen molar-refractivity contribution in [3.63, 3.8) is 0 Å². The molecule has 1 atom stereocenters. The van der Waals surface area contributed by atoms with E-state index >= 15 is 0 Å². The summed E-state index contributed by atoms with van der Waals surface area (Å²) in [6.07, 6.45) is 8.86. The molecule has 4 heterocycles. The van der Waals surface area contributed by atoms with Crippen LogP contribution < -0.4 is 5.32 Å². The van der Waals surface area contributed by atoms with Gasteiger partial charge in [-0.2, -0.15) is 5.10 Å². The molecule has 3 aromatic heterocycles. The molecule has 1 aromatic carbocycles. The molecule has 168 valence electrons. The van der Waals surface area contributed by atoms with Gasteiger partial charge in [0, 0.05) is 42.3 Å². The molecule has 1 fully saturated rings. The number of halogens is 1. The number of hydrogen-bond acceptors (Lipinski definition) is 4. The van der Waals surface area contributed by atoms with Gasteiger partial charge in [0.2, 0.25) is 5.91 Å². The molecule has 2 amide bonds. The normalized spacial score (nSPS) is 16.2. The molecular weight excluding hydrogens is 440 g/mol. The Morgan fingerprint density at radius 1 is 1.12 bits per heavy atom. The topological polar surface area (TPSA) is 84.5 Å². The SMILES string of the molecule is O=C(Nc1cnn(Cc2cn3ccccc3n2)c1)[C@H]1CCCN(C(=O)c2ccc(Cl)cc2)C1. The van der Waals surface area contributed by atoms with Gasteiger partial charge in [-0.25, -0.2) is 4.98 Å². The number of benzene rings is 1. The molecule has 4 aromatic rings. The minimum absolute atomic E-state index is 0.0792. The number of nitrogens with zero attached hydrogens (tertiary/aromatic N) is 5. The summed E-state index contributed by atoms with van der Waals surface area (Å²) in [6, 6.07) is 12.7. The number of likely N-dealkylation sites (tertiary alicyclic amines) is 1. The highest BCUT2D eigenvalue weighted by Gasteiger charge is 2.29. The van der Waals surface area contributed by atoms with Gasteiger partial charge >= 0.3 is 0 Å². The predicted molar refractivity (Wildman–Crippen MR) is 125 cm³/mol. The van der Waals surface area contributed by atoms with Gasteiger partial charge in [-0.15, -0.1) is 0 Å². The van der Waals surface area contributed by atoms with Crippen molar-refractivity contribution in [2.75, 3.05) is 18.4 Å². The maximum absolute atomic E-state index is 12.9. The van der Waals surface area contributed by atoms with Crippen molar-refractivity contribution in [1.82, 2.24) is 24.1 Å². The van der Waals surface area contributed by atoms with Gasteiger partial charge in [0.25, 0.3) is 5.91 Å². The summed E-state index contributed by atoms with van der Waals surface area (Å²) in [7, 11) is 0. The summed E-state index contributed by atoms with van der Waals surface area (Å²) in [5.41, 5.74) is 2.97. The van der Waals surface area contributed by atoms with Crippen LogP contribution in [-0.4, -0.2) is 49.0 Å². The van der Waals surface area contributed by atoms with Crippen LogP contribution in [0.3, 0.4) is 0 Å². The lowest BCUT2D eigenvalue weighted by atomic mass is 9.96. The van der Waals surface area contributed by atoms with Crippen molar-refractivity contribution in [1.29, 1.82) is 0 Å². The molecule has 1 saturated heterocycles. The second kappa shape index (κ2) is 9.07. The van der Waals surface area contributed by atoms with Crippen LogP contribution in [0.5, 0.6) is 0 Å². The van der Waals surface area contributed by atoms with Crippen molar-refractivity contribution in [2.24, 2.45) is 5.92 Å². The zero-order chi connectivity index (χ0) is 22.8. The number of carbonyl (C=O) groups is 2. The Morgan fingerprint density at radius 3 is 2.79 bits per heavy atom. The first-order chi connectivity index (χ1) is 16.0. The Hall–Kier alpha value is -3.65. The first-order valence-corrected chi connectivity index (χ1v) is 11.2. The molecule has 0 radical (unpaired) electrons. The predicted octanol–water partition coefficient (Wildman–Crippen LogP) is 3.72. The maximum atomic E-state index is 12.9. The first-order valence-electron chi connectivity index (χ1n) is 10.9. The summed E-state index contributed by atoms with van der Waals surface area (Å²) in [5, 5.41) is 7.88. The average molecular weight is 463 g/mol. The van der Waals surface area contributed by atoms with E-state index in [1.807, 2.05) is 35.0 Å². The van der Waals surface area contributed by atoms with Crippen LogP contribution in [0, 0.1) is 5.92 Å². The number of aromatic nitrogens is 4. The fraction of sp³-hybridized carbons (Fsp3) is 0.250. The van der Waals surface area contributed by atoms with Gasteiger partial charge in [-0.3, -0.25) is 14.3 Å². The molecule has 9 heteroatoms. The Morgan fingerprint density at radius 2 is 1.97 bits per heavy atom. The van der Waals surface area contributed by atoms with Crippen molar-refractivity contribution in [3.8, 4) is 0 Å². The molecule has 0 saturated carbocycles. The fourth-order valence-corrected chi connectivity index (χ4v) is 4.26. The number of hydrogen-bond donors (Lipinski definition) is 1. The zero-order valence-corrected chi connectivity index (χ0v) is 18.7. The van der Waals surface area contributed by atoms with E-state index in [9.17, 15) is 9.59 Å². The number of piperidine rings is 1. The van der Waals surface area contributed by atoms with Gasteiger partial charge in [-0.05, 0) is 49.2 Å². The third-order valence-corrected chi connectivity index (χ3v) is 6.06. The van der Waals surface area contributed by atoms with E-state index in [1.165, 1.54) is 0 Å². The van der Waals surface area contributed by atoms with Gasteiger partial charge in [0.05, 0.1) is 30.0 Å². The molecule has 0 aliphatic carbocycles. The lowest BCUT2D eigenvalue weighted by Gasteiger charge is -2.32. The number of anilines is 1. The molecule has 1 aliphatic heterocycles. The van der Waals surface area contributed by atoms with Crippen molar-refractivity contribution in [3.05, 3.63) is 83.5 Å². The summed E-state index contributed by atoms with van der Waals surface area (Å²) in [4.78, 5) is 32.0. The van der Waals surface area contributed by atoms with Crippen LogP contribution in [0.4, 0.5) is 5.69 Å². The molecule has 1 N–H and O–H groups in total. The maximum Gasteiger partial charge on any atom is 0.253 e. The van der Waals surface area contributed by atoms with Crippen molar-refractivity contribution in [2.45, 2.75) is 19.4 Å². The summed E-state index contributed by atoms with van der Waals surface area (Å²) in [6.45, 7) is 1.54. The van der Waals surface area contributed by atoms with E-state index in [2.05, 4.69) is 15.4 Å². The molecule has 5 rings (SSSR count). The van der Waals surface area contributed by atoms with Gasteiger partial charge in [0.15, 0.2) is 0 Å². The van der Waals surface area contributed by atoms with Crippen LogP contribution in [0.15, 0.2) is 67.3 Å². The highest BCUT2D eigenvalue weighted by Crippen LogP contribution is 2.21. The number of pyridine rings is 1. The van der Waals surface area contributed by atoms with E-state index in [4.69, 9.17) is 11.6 Å². The first kappa shape index (κ1) is 21.2. The van der Waals surface area contributed by atoms with Gasteiger partial charge in [0.1, 0.15) is 5.65 Å². The smallest absolute Gasteiger partial charge is 0.253 e. The highest BCUT2D eigenvalue weighted by molar-refractivity contribution is 6.30. The number of amides is 2.